The minimum absolute atomic E-state index is 0.0210. The molecule has 1 amide bonds. The van der Waals surface area contributed by atoms with Gasteiger partial charge in [-0.2, -0.15) is 5.26 Å². The third-order valence-corrected chi connectivity index (χ3v) is 6.98. The first-order valence-corrected chi connectivity index (χ1v) is 11.5. The van der Waals surface area contributed by atoms with Gasteiger partial charge in [-0.15, -0.1) is 0 Å². The fraction of sp³-hybridized carbons (Fsp3) is 0.480. The average Bonchev–Trinajstić information content (AvgIpc) is 3.66. The van der Waals surface area contributed by atoms with Gasteiger partial charge in [0.05, 0.1) is 24.8 Å². The normalized spacial score (nSPS) is 25.1. The molecule has 3 aliphatic rings. The summed E-state index contributed by atoms with van der Waals surface area (Å²) >= 11 is 0. The molecular weight excluding hydrogens is 402 g/mol. The molecule has 2 aromatic rings. The number of nitrogens with zero attached hydrogens (tertiary/aromatic N) is 4. The Labute approximate surface area is 189 Å². The number of rotatable bonds is 4. The Morgan fingerprint density at radius 1 is 1.22 bits per heavy atom. The van der Waals surface area contributed by atoms with Crippen LogP contribution in [0.5, 0.6) is 0 Å². The third kappa shape index (κ3) is 3.80. The molecule has 7 heteroatoms. The Balaban J connectivity index is 1.56. The highest BCUT2D eigenvalue weighted by Crippen LogP contribution is 2.50. The number of benzene rings is 1. The molecule has 0 bridgehead atoms. The number of fused-ring (bicyclic) bond motifs is 1. The van der Waals surface area contributed by atoms with Gasteiger partial charge in [-0.05, 0) is 49.1 Å². The molecule has 0 spiro atoms. The number of carbonyl (C=O) groups excluding carboxylic acids is 1. The van der Waals surface area contributed by atoms with Crippen LogP contribution in [0.15, 0.2) is 36.5 Å². The predicted molar refractivity (Wildman–Crippen MR) is 124 cm³/mol. The van der Waals surface area contributed by atoms with E-state index in [1.807, 2.05) is 11.0 Å². The van der Waals surface area contributed by atoms with Crippen LogP contribution in [0.25, 0.3) is 0 Å². The number of pyridine rings is 1. The van der Waals surface area contributed by atoms with Crippen LogP contribution >= 0.6 is 0 Å². The molecular formula is C25H29N5O2. The fourth-order valence-electron chi connectivity index (χ4n) is 5.28. The number of amides is 1. The fourth-order valence-corrected chi connectivity index (χ4v) is 5.28. The van der Waals surface area contributed by atoms with Crippen molar-refractivity contribution < 1.29 is 9.53 Å². The lowest BCUT2D eigenvalue weighted by molar-refractivity contribution is -0.117. The molecule has 3 atom stereocenters. The molecule has 1 unspecified atom stereocenters. The van der Waals surface area contributed by atoms with Gasteiger partial charge in [0.25, 0.3) is 0 Å². The van der Waals surface area contributed by atoms with E-state index < -0.39 is 0 Å². The highest BCUT2D eigenvalue weighted by atomic mass is 16.5. The molecule has 1 N–H and O–H groups in total. The molecule has 5 rings (SSSR count). The van der Waals surface area contributed by atoms with Crippen molar-refractivity contribution in [3.63, 3.8) is 0 Å². The van der Waals surface area contributed by atoms with Crippen LogP contribution in [0.2, 0.25) is 0 Å². The monoisotopic (exact) mass is 431 g/mol. The highest BCUT2D eigenvalue weighted by molar-refractivity contribution is 5.94. The SMILES string of the molecule is CC(=O)N1c2ccc(N3CCOCC3)cc2[C@H](Nc2ccc(C#N)cn2)[C@@H](C)C1C1CC1. The van der Waals surface area contributed by atoms with Crippen LogP contribution < -0.4 is 15.1 Å². The summed E-state index contributed by atoms with van der Waals surface area (Å²) in [6, 6.07) is 12.4. The summed E-state index contributed by atoms with van der Waals surface area (Å²) in [5.41, 5.74) is 3.82. The van der Waals surface area contributed by atoms with Crippen molar-refractivity contribution in [2.24, 2.45) is 11.8 Å². The minimum Gasteiger partial charge on any atom is -0.378 e. The number of ether oxygens (including phenoxy) is 1. The molecule has 32 heavy (non-hydrogen) atoms. The lowest BCUT2D eigenvalue weighted by Gasteiger charge is -2.46. The van der Waals surface area contributed by atoms with Crippen LogP contribution in [0, 0.1) is 23.2 Å². The van der Waals surface area contributed by atoms with Gasteiger partial charge < -0.3 is 19.9 Å². The summed E-state index contributed by atoms with van der Waals surface area (Å²) in [4.78, 5) is 21.6. The van der Waals surface area contributed by atoms with Crippen molar-refractivity contribution in [1.29, 1.82) is 5.26 Å². The van der Waals surface area contributed by atoms with E-state index >= 15 is 0 Å². The summed E-state index contributed by atoms with van der Waals surface area (Å²) in [6.07, 6.45) is 3.94. The molecule has 1 aliphatic carbocycles. The Morgan fingerprint density at radius 2 is 2.00 bits per heavy atom. The van der Waals surface area contributed by atoms with E-state index in [0.717, 1.165) is 49.1 Å². The summed E-state index contributed by atoms with van der Waals surface area (Å²) < 4.78 is 5.53. The van der Waals surface area contributed by atoms with Gasteiger partial charge in [-0.25, -0.2) is 4.98 Å². The molecule has 1 aromatic heterocycles. The lowest BCUT2D eigenvalue weighted by Crippen LogP contribution is -2.51. The van der Waals surface area contributed by atoms with Crippen molar-refractivity contribution in [3.05, 3.63) is 47.7 Å². The summed E-state index contributed by atoms with van der Waals surface area (Å²) in [7, 11) is 0. The van der Waals surface area contributed by atoms with Crippen LogP contribution in [0.1, 0.15) is 43.9 Å². The molecule has 2 aliphatic heterocycles. The Morgan fingerprint density at radius 3 is 2.62 bits per heavy atom. The number of nitriles is 1. The maximum atomic E-state index is 12.8. The second-order valence-corrected chi connectivity index (χ2v) is 9.08. The van der Waals surface area contributed by atoms with E-state index in [4.69, 9.17) is 10.00 Å². The second-order valence-electron chi connectivity index (χ2n) is 9.08. The van der Waals surface area contributed by atoms with E-state index in [9.17, 15) is 4.79 Å². The van der Waals surface area contributed by atoms with Gasteiger partial charge in [-0.3, -0.25) is 4.79 Å². The molecule has 3 heterocycles. The highest BCUT2D eigenvalue weighted by Gasteiger charge is 2.47. The van der Waals surface area contributed by atoms with Crippen LogP contribution in [-0.4, -0.2) is 43.2 Å². The molecule has 7 nitrogen and oxygen atoms in total. The van der Waals surface area contributed by atoms with Crippen molar-refractivity contribution in [2.75, 3.05) is 41.4 Å². The summed E-state index contributed by atoms with van der Waals surface area (Å²) in [6.45, 7) is 7.11. The van der Waals surface area contributed by atoms with Gasteiger partial charge in [0.2, 0.25) is 5.91 Å². The zero-order chi connectivity index (χ0) is 22.2. The number of morpholine rings is 1. The molecule has 1 saturated heterocycles. The minimum atomic E-state index is 0.0210. The molecule has 1 saturated carbocycles. The topological polar surface area (TPSA) is 81.5 Å². The van der Waals surface area contributed by atoms with E-state index in [1.165, 1.54) is 12.8 Å². The predicted octanol–water partition coefficient (Wildman–Crippen LogP) is 3.72. The number of carbonyl (C=O) groups is 1. The van der Waals surface area contributed by atoms with E-state index in [1.54, 1.807) is 19.2 Å². The lowest BCUT2D eigenvalue weighted by atomic mass is 9.79. The van der Waals surface area contributed by atoms with Gasteiger partial charge in [-0.1, -0.05) is 6.92 Å². The second kappa shape index (κ2) is 8.44. The third-order valence-electron chi connectivity index (χ3n) is 6.98. The molecule has 1 aromatic carbocycles. The number of hydrogen-bond acceptors (Lipinski definition) is 6. The maximum absolute atomic E-state index is 12.8. The standard InChI is InChI=1S/C25H29N5O2/c1-16-24(28-23-8-3-18(14-26)15-27-23)21-13-20(29-9-11-32-12-10-29)6-7-22(21)30(17(2)31)25(16)19-4-5-19/h3,6-8,13,15-16,19,24-25H,4-5,9-12H2,1-2H3,(H,27,28)/t16-,24-,25?/m1/s1. The van der Waals surface area contributed by atoms with Crippen molar-refractivity contribution in [3.8, 4) is 6.07 Å². The zero-order valence-corrected chi connectivity index (χ0v) is 18.6. The number of hydrogen-bond donors (Lipinski definition) is 1. The van der Waals surface area contributed by atoms with E-state index in [0.29, 0.717) is 11.5 Å². The number of anilines is 3. The number of aromatic nitrogens is 1. The van der Waals surface area contributed by atoms with Gasteiger partial charge in [0.15, 0.2) is 0 Å². The first kappa shape index (κ1) is 20.8. The Bertz CT molecular complexity index is 1040. The Kier molecular flexibility index (Phi) is 5.48. The Hall–Kier alpha value is -3.11. The van der Waals surface area contributed by atoms with Crippen molar-refractivity contribution in [2.45, 2.75) is 38.8 Å². The zero-order valence-electron chi connectivity index (χ0n) is 18.6. The molecule has 166 valence electrons. The van der Waals surface area contributed by atoms with E-state index in [-0.39, 0.29) is 23.9 Å². The van der Waals surface area contributed by atoms with Gasteiger partial charge in [0.1, 0.15) is 11.9 Å². The van der Waals surface area contributed by atoms with Gasteiger partial charge >= 0.3 is 0 Å². The van der Waals surface area contributed by atoms with Crippen LogP contribution in [0.3, 0.4) is 0 Å². The van der Waals surface area contributed by atoms with Crippen LogP contribution in [0.4, 0.5) is 17.2 Å². The summed E-state index contributed by atoms with van der Waals surface area (Å²) in [5.74, 6) is 1.61. The van der Waals surface area contributed by atoms with Crippen LogP contribution in [-0.2, 0) is 9.53 Å². The van der Waals surface area contributed by atoms with E-state index in [2.05, 4.69) is 46.4 Å². The maximum Gasteiger partial charge on any atom is 0.224 e. The van der Waals surface area contributed by atoms with Gasteiger partial charge in [0, 0.05) is 55.1 Å². The van der Waals surface area contributed by atoms with Crippen molar-refractivity contribution in [1.82, 2.24) is 4.98 Å². The smallest absolute Gasteiger partial charge is 0.224 e. The number of nitrogens with one attached hydrogen (secondary N) is 1. The molecule has 0 radical (unpaired) electrons. The largest absolute Gasteiger partial charge is 0.378 e. The quantitative estimate of drug-likeness (QED) is 0.795. The first-order chi connectivity index (χ1) is 15.6. The average molecular weight is 432 g/mol. The first-order valence-electron chi connectivity index (χ1n) is 11.5. The summed E-state index contributed by atoms with van der Waals surface area (Å²) in [5, 5.41) is 12.7. The van der Waals surface area contributed by atoms with Crippen molar-refractivity contribution >= 4 is 23.1 Å². The molecule has 2 fully saturated rings.